The fraction of sp³-hybridized carbons (Fsp3) is 0.600. The molecule has 0 spiro atoms. The molecule has 0 heterocycles. The molecule has 1 aliphatic carbocycles. The molecule has 1 aromatic rings. The van der Waals surface area contributed by atoms with Crippen LogP contribution in [0.15, 0.2) is 18.2 Å². The lowest BCUT2D eigenvalue weighted by atomic mass is 9.91. The van der Waals surface area contributed by atoms with Crippen molar-refractivity contribution in [1.82, 2.24) is 5.32 Å². The van der Waals surface area contributed by atoms with Gasteiger partial charge in [-0.3, -0.25) is 0 Å². The van der Waals surface area contributed by atoms with Crippen LogP contribution >= 0.6 is 0 Å². The van der Waals surface area contributed by atoms with Gasteiger partial charge in [-0.1, -0.05) is 13.0 Å². The Kier molecular flexibility index (Phi) is 4.58. The minimum atomic E-state index is -4.30. The third-order valence-electron chi connectivity index (χ3n) is 3.99. The molecule has 0 atom stereocenters. The Morgan fingerprint density at radius 3 is 2.50 bits per heavy atom. The van der Waals surface area contributed by atoms with Crippen molar-refractivity contribution in [2.45, 2.75) is 44.9 Å². The third-order valence-corrected chi connectivity index (χ3v) is 3.99. The summed E-state index contributed by atoms with van der Waals surface area (Å²) in [6.07, 6.45) is -1.01. The zero-order valence-electron chi connectivity index (χ0n) is 11.9. The quantitative estimate of drug-likeness (QED) is 0.885. The van der Waals surface area contributed by atoms with Crippen molar-refractivity contribution in [2.75, 3.05) is 18.5 Å². The second-order valence-corrected chi connectivity index (χ2v) is 5.32. The highest BCUT2D eigenvalue weighted by Gasteiger charge is 2.34. The molecule has 1 aromatic carbocycles. The highest BCUT2D eigenvalue weighted by molar-refractivity contribution is 5.52. The summed E-state index contributed by atoms with van der Waals surface area (Å²) in [5.74, 6) is 0. The van der Waals surface area contributed by atoms with Gasteiger partial charge in [0.25, 0.3) is 0 Å². The maximum absolute atomic E-state index is 13.2. The molecule has 2 nitrogen and oxygen atoms in total. The lowest BCUT2D eigenvalue weighted by Gasteiger charge is -2.36. The van der Waals surface area contributed by atoms with Crippen LogP contribution in [0.1, 0.15) is 37.3 Å². The molecule has 0 unspecified atom stereocenters. The Balaban J connectivity index is 2.27. The van der Waals surface area contributed by atoms with Gasteiger partial charge in [0.2, 0.25) is 0 Å². The van der Waals surface area contributed by atoms with Crippen LogP contribution in [0.5, 0.6) is 0 Å². The molecule has 0 radical (unpaired) electrons. The van der Waals surface area contributed by atoms with Crippen LogP contribution in [0.3, 0.4) is 0 Å². The van der Waals surface area contributed by atoms with Gasteiger partial charge in [-0.15, -0.1) is 0 Å². The summed E-state index contributed by atoms with van der Waals surface area (Å²) in [7, 11) is 1.88. The van der Waals surface area contributed by atoms with Gasteiger partial charge in [-0.05, 0) is 43.5 Å². The lowest BCUT2D eigenvalue weighted by Crippen LogP contribution is -2.37. The Morgan fingerprint density at radius 2 is 2.00 bits per heavy atom. The molecule has 1 saturated carbocycles. The molecular weight excluding hydrogens is 265 g/mol. The smallest absolute Gasteiger partial charge is 0.372 e. The van der Waals surface area contributed by atoms with Gasteiger partial charge in [0.1, 0.15) is 0 Å². The van der Waals surface area contributed by atoms with E-state index in [0.29, 0.717) is 23.8 Å². The van der Waals surface area contributed by atoms with Crippen LogP contribution in [0.4, 0.5) is 18.9 Å². The van der Waals surface area contributed by atoms with E-state index in [0.717, 1.165) is 12.8 Å². The predicted molar refractivity (Wildman–Crippen MR) is 74.9 cm³/mol. The maximum atomic E-state index is 13.2. The average molecular weight is 286 g/mol. The van der Waals surface area contributed by atoms with Gasteiger partial charge in [0.15, 0.2) is 0 Å². The maximum Gasteiger partial charge on any atom is 0.416 e. The molecule has 0 saturated heterocycles. The fourth-order valence-electron chi connectivity index (χ4n) is 2.45. The largest absolute Gasteiger partial charge is 0.416 e. The second kappa shape index (κ2) is 6.04. The normalized spacial score (nSPS) is 16.1. The van der Waals surface area contributed by atoms with Crippen LogP contribution in [0.25, 0.3) is 0 Å². The first-order valence-electron chi connectivity index (χ1n) is 7.07. The minimum absolute atomic E-state index is 0.249. The highest BCUT2D eigenvalue weighted by atomic mass is 19.4. The third kappa shape index (κ3) is 3.26. The van der Waals surface area contributed by atoms with E-state index in [-0.39, 0.29) is 6.54 Å². The van der Waals surface area contributed by atoms with Gasteiger partial charge < -0.3 is 10.2 Å². The Hall–Kier alpha value is -1.23. The minimum Gasteiger partial charge on any atom is -0.372 e. The zero-order valence-corrected chi connectivity index (χ0v) is 11.9. The summed E-state index contributed by atoms with van der Waals surface area (Å²) in [6, 6.07) is 5.05. The number of nitrogens with one attached hydrogen (secondary N) is 1. The number of alkyl halides is 3. The molecule has 5 heteroatoms. The number of halogens is 3. The van der Waals surface area contributed by atoms with Crippen molar-refractivity contribution in [1.29, 1.82) is 0 Å². The summed E-state index contributed by atoms with van der Waals surface area (Å²) in [6.45, 7) is 2.78. The molecule has 0 amide bonds. The van der Waals surface area contributed by atoms with Crippen LogP contribution < -0.4 is 10.2 Å². The van der Waals surface area contributed by atoms with Crippen LogP contribution in [0.2, 0.25) is 0 Å². The summed E-state index contributed by atoms with van der Waals surface area (Å²) >= 11 is 0. The van der Waals surface area contributed by atoms with Gasteiger partial charge in [0, 0.05) is 25.3 Å². The molecule has 112 valence electrons. The fourth-order valence-corrected chi connectivity index (χ4v) is 2.45. The SMILES string of the molecule is CCNCc1ccc(N(C)C2CCC2)cc1C(F)(F)F. The number of anilines is 1. The van der Waals surface area contributed by atoms with E-state index in [4.69, 9.17) is 0 Å². The predicted octanol–water partition coefficient (Wildman–Crippen LogP) is 3.80. The molecule has 0 aromatic heterocycles. The van der Waals surface area contributed by atoms with Crippen LogP contribution in [0, 0.1) is 0 Å². The van der Waals surface area contributed by atoms with E-state index in [1.165, 1.54) is 12.5 Å². The summed E-state index contributed by atoms with van der Waals surface area (Å²) in [5, 5.41) is 2.96. The molecule has 2 rings (SSSR count). The molecule has 1 fully saturated rings. The Labute approximate surface area is 118 Å². The standard InChI is InChI=1S/C15H21F3N2/c1-3-19-10-11-7-8-13(9-14(11)15(16,17)18)20(2)12-5-4-6-12/h7-9,12,19H,3-6,10H2,1-2H3. The summed E-state index contributed by atoms with van der Waals surface area (Å²) in [4.78, 5) is 1.97. The van der Waals surface area contributed by atoms with Gasteiger partial charge in [0.05, 0.1) is 5.56 Å². The van der Waals surface area contributed by atoms with E-state index in [9.17, 15) is 13.2 Å². The molecule has 1 N–H and O–H groups in total. The second-order valence-electron chi connectivity index (χ2n) is 5.32. The van der Waals surface area contributed by atoms with Gasteiger partial charge in [-0.25, -0.2) is 0 Å². The van der Waals surface area contributed by atoms with E-state index >= 15 is 0 Å². The van der Waals surface area contributed by atoms with Crippen molar-refractivity contribution in [3.05, 3.63) is 29.3 Å². The van der Waals surface area contributed by atoms with Crippen molar-refractivity contribution in [3.8, 4) is 0 Å². The van der Waals surface area contributed by atoms with Gasteiger partial charge in [-0.2, -0.15) is 13.2 Å². The van der Waals surface area contributed by atoms with E-state index in [1.54, 1.807) is 12.1 Å². The number of hydrogen-bond donors (Lipinski definition) is 1. The topological polar surface area (TPSA) is 15.3 Å². The van der Waals surface area contributed by atoms with Crippen LogP contribution in [-0.2, 0) is 12.7 Å². The van der Waals surface area contributed by atoms with Crippen molar-refractivity contribution < 1.29 is 13.2 Å². The first-order valence-corrected chi connectivity index (χ1v) is 7.07. The van der Waals surface area contributed by atoms with Crippen LogP contribution in [-0.4, -0.2) is 19.6 Å². The molecular formula is C15H21F3N2. The molecule has 0 bridgehead atoms. The average Bonchev–Trinajstić information content (AvgIpc) is 2.32. The first-order chi connectivity index (χ1) is 9.43. The Morgan fingerprint density at radius 1 is 1.30 bits per heavy atom. The summed E-state index contributed by atoms with van der Waals surface area (Å²) < 4.78 is 39.5. The number of benzene rings is 1. The van der Waals surface area contributed by atoms with E-state index in [2.05, 4.69) is 5.32 Å². The van der Waals surface area contributed by atoms with E-state index in [1.807, 2.05) is 18.9 Å². The Bertz CT molecular complexity index is 453. The number of rotatable bonds is 5. The van der Waals surface area contributed by atoms with Crippen molar-refractivity contribution in [3.63, 3.8) is 0 Å². The number of nitrogens with zero attached hydrogens (tertiary/aromatic N) is 1. The van der Waals surface area contributed by atoms with Crippen molar-refractivity contribution in [2.24, 2.45) is 0 Å². The van der Waals surface area contributed by atoms with Crippen molar-refractivity contribution >= 4 is 5.69 Å². The zero-order chi connectivity index (χ0) is 14.8. The monoisotopic (exact) mass is 286 g/mol. The van der Waals surface area contributed by atoms with E-state index < -0.39 is 11.7 Å². The summed E-state index contributed by atoms with van der Waals surface area (Å²) in [5.41, 5.74) is 0.439. The number of hydrogen-bond acceptors (Lipinski definition) is 2. The molecule has 20 heavy (non-hydrogen) atoms. The lowest BCUT2D eigenvalue weighted by molar-refractivity contribution is -0.138. The molecule has 1 aliphatic rings. The van der Waals surface area contributed by atoms with Gasteiger partial charge >= 0.3 is 6.18 Å². The highest BCUT2D eigenvalue weighted by Crippen LogP contribution is 2.36. The first kappa shape index (κ1) is 15.2. The molecule has 0 aliphatic heterocycles.